The molecular formula is C19H12Cl3NO3. The number of hydrogen-bond acceptors (Lipinski definition) is 3. The molecule has 1 N–H and O–H groups in total. The minimum absolute atomic E-state index is 0.0191. The van der Waals surface area contributed by atoms with Crippen molar-refractivity contribution in [2.24, 2.45) is 0 Å². The summed E-state index contributed by atoms with van der Waals surface area (Å²) in [6.45, 7) is 0. The molecule has 132 valence electrons. The molecule has 1 aromatic heterocycles. The minimum Gasteiger partial charge on any atom is -0.428 e. The van der Waals surface area contributed by atoms with Crippen molar-refractivity contribution in [1.29, 1.82) is 0 Å². The van der Waals surface area contributed by atoms with Gasteiger partial charge in [0.1, 0.15) is 0 Å². The van der Waals surface area contributed by atoms with Gasteiger partial charge >= 0.3 is 0 Å². The Kier molecular flexibility index (Phi) is 4.22. The number of rotatable bonds is 1. The zero-order chi connectivity index (χ0) is 18.6. The molecule has 7 heteroatoms. The van der Waals surface area contributed by atoms with Gasteiger partial charge in [-0.25, -0.2) is 0 Å². The van der Waals surface area contributed by atoms with Crippen molar-refractivity contribution in [2.45, 2.75) is 18.8 Å². The summed E-state index contributed by atoms with van der Waals surface area (Å²) in [5.74, 6) is -0.470. The maximum Gasteiger partial charge on any atom is 0.202 e. The summed E-state index contributed by atoms with van der Waals surface area (Å²) in [4.78, 5) is 25.6. The molecule has 4 rings (SSSR count). The van der Waals surface area contributed by atoms with Gasteiger partial charge in [-0.3, -0.25) is 9.59 Å². The fraction of sp³-hybridized carbons (Fsp3) is 0.158. The number of benzene rings is 2. The summed E-state index contributed by atoms with van der Waals surface area (Å²) in [6, 6.07) is 10.2. The molecule has 0 aliphatic heterocycles. The highest BCUT2D eigenvalue weighted by Crippen LogP contribution is 2.35. The number of ketones is 1. The molecule has 0 saturated heterocycles. The normalized spacial score (nSPS) is 16.7. The average Bonchev–Trinajstić information content (AvgIpc) is 2.62. The fourth-order valence-corrected chi connectivity index (χ4v) is 4.05. The molecule has 26 heavy (non-hydrogen) atoms. The number of pyridine rings is 1. The third-order valence-electron chi connectivity index (χ3n) is 4.79. The van der Waals surface area contributed by atoms with Crippen molar-refractivity contribution >= 4 is 51.5 Å². The SMILES string of the molecule is O=C1CC(c2ccc(Cl)cc2)Cc2c1c(=O)c1c(Cl)c(Cl)ccc1n2O. The van der Waals surface area contributed by atoms with Crippen LogP contribution in [0.4, 0.5) is 0 Å². The van der Waals surface area contributed by atoms with E-state index >= 15 is 0 Å². The van der Waals surface area contributed by atoms with E-state index in [1.165, 1.54) is 12.1 Å². The second-order valence-electron chi connectivity index (χ2n) is 6.30. The van der Waals surface area contributed by atoms with Gasteiger partial charge in [0, 0.05) is 11.4 Å². The van der Waals surface area contributed by atoms with Gasteiger partial charge in [0.05, 0.1) is 32.2 Å². The predicted molar refractivity (Wildman–Crippen MR) is 102 cm³/mol. The molecule has 4 nitrogen and oxygen atoms in total. The van der Waals surface area contributed by atoms with Gasteiger partial charge in [0.25, 0.3) is 0 Å². The Morgan fingerprint density at radius 2 is 1.65 bits per heavy atom. The van der Waals surface area contributed by atoms with E-state index < -0.39 is 5.43 Å². The van der Waals surface area contributed by atoms with Gasteiger partial charge in [-0.1, -0.05) is 46.9 Å². The quantitative estimate of drug-likeness (QED) is 0.569. The van der Waals surface area contributed by atoms with Gasteiger partial charge in [-0.15, -0.1) is 0 Å². The number of aromatic nitrogens is 1. The highest BCUT2D eigenvalue weighted by atomic mass is 35.5. The number of nitrogens with zero attached hydrogens (tertiary/aromatic N) is 1. The zero-order valence-electron chi connectivity index (χ0n) is 13.3. The molecule has 0 amide bonds. The standard InChI is InChI=1S/C19H12Cl3NO3/c20-11-3-1-9(2-4-11)10-7-14-16(15(24)8-10)19(25)17-13(23(14)26)6-5-12(21)18(17)22/h1-6,10,26H,7-8H2. The maximum atomic E-state index is 12.9. The van der Waals surface area contributed by atoms with Crippen LogP contribution in [-0.2, 0) is 6.42 Å². The van der Waals surface area contributed by atoms with Crippen LogP contribution in [0, 0.1) is 0 Å². The Hall–Kier alpha value is -2.01. The summed E-state index contributed by atoms with van der Waals surface area (Å²) < 4.78 is 0.883. The van der Waals surface area contributed by atoms with Crippen molar-refractivity contribution in [3.05, 3.63) is 78.5 Å². The molecule has 0 saturated carbocycles. The largest absolute Gasteiger partial charge is 0.428 e. The molecule has 1 atom stereocenters. The zero-order valence-corrected chi connectivity index (χ0v) is 15.6. The molecular weight excluding hydrogens is 397 g/mol. The molecule has 0 bridgehead atoms. The molecule has 0 radical (unpaired) electrons. The first-order chi connectivity index (χ1) is 12.4. The molecule has 1 unspecified atom stereocenters. The topological polar surface area (TPSA) is 59.3 Å². The van der Waals surface area contributed by atoms with Crippen LogP contribution in [0.5, 0.6) is 0 Å². The molecule has 1 aliphatic rings. The van der Waals surface area contributed by atoms with E-state index in [2.05, 4.69) is 0 Å². The third kappa shape index (κ3) is 2.60. The Bertz CT molecular complexity index is 1120. The van der Waals surface area contributed by atoms with E-state index in [1.807, 2.05) is 12.1 Å². The lowest BCUT2D eigenvalue weighted by atomic mass is 9.81. The Balaban J connectivity index is 1.94. The summed E-state index contributed by atoms with van der Waals surface area (Å²) in [7, 11) is 0. The molecule has 0 fully saturated rings. The van der Waals surface area contributed by atoms with Crippen LogP contribution in [0.2, 0.25) is 15.1 Å². The number of fused-ring (bicyclic) bond motifs is 2. The lowest BCUT2D eigenvalue weighted by Crippen LogP contribution is -2.30. The van der Waals surface area contributed by atoms with Crippen LogP contribution in [0.1, 0.15) is 34.0 Å². The van der Waals surface area contributed by atoms with Gasteiger partial charge in [0.2, 0.25) is 5.43 Å². The number of carbonyl (C=O) groups excluding carboxylic acids is 1. The van der Waals surface area contributed by atoms with Crippen LogP contribution in [-0.4, -0.2) is 15.7 Å². The van der Waals surface area contributed by atoms with Gasteiger partial charge in [0.15, 0.2) is 5.78 Å². The fourth-order valence-electron chi connectivity index (χ4n) is 3.52. The van der Waals surface area contributed by atoms with E-state index in [1.54, 1.807) is 12.1 Å². The van der Waals surface area contributed by atoms with E-state index in [0.29, 0.717) is 11.4 Å². The molecule has 1 aliphatic carbocycles. The van der Waals surface area contributed by atoms with Crippen LogP contribution in [0.15, 0.2) is 41.2 Å². The van der Waals surface area contributed by atoms with E-state index in [0.717, 1.165) is 10.3 Å². The summed E-state index contributed by atoms with van der Waals surface area (Å²) in [5.41, 5.74) is 0.932. The van der Waals surface area contributed by atoms with Crippen LogP contribution >= 0.6 is 34.8 Å². The summed E-state index contributed by atoms with van der Waals surface area (Å²) in [6.07, 6.45) is 0.526. The lowest BCUT2D eigenvalue weighted by molar-refractivity contribution is 0.0949. The van der Waals surface area contributed by atoms with Crippen molar-refractivity contribution in [3.63, 3.8) is 0 Å². The van der Waals surface area contributed by atoms with E-state index in [-0.39, 0.29) is 50.3 Å². The van der Waals surface area contributed by atoms with Crippen molar-refractivity contribution in [2.75, 3.05) is 0 Å². The van der Waals surface area contributed by atoms with Crippen LogP contribution in [0.25, 0.3) is 10.9 Å². The maximum absolute atomic E-state index is 12.9. The minimum atomic E-state index is -0.493. The van der Waals surface area contributed by atoms with Crippen LogP contribution < -0.4 is 5.43 Å². The lowest BCUT2D eigenvalue weighted by Gasteiger charge is -2.25. The average molecular weight is 409 g/mol. The summed E-state index contributed by atoms with van der Waals surface area (Å²) >= 11 is 18.1. The Labute approximate surface area is 163 Å². The molecule has 0 spiro atoms. The van der Waals surface area contributed by atoms with Gasteiger partial charge in [-0.2, -0.15) is 4.73 Å². The van der Waals surface area contributed by atoms with E-state index in [4.69, 9.17) is 34.8 Å². The molecule has 2 aromatic carbocycles. The van der Waals surface area contributed by atoms with Crippen molar-refractivity contribution in [1.82, 2.24) is 4.73 Å². The predicted octanol–water partition coefficient (Wildman–Crippen LogP) is 5.11. The first kappa shape index (κ1) is 17.4. The Morgan fingerprint density at radius 3 is 2.35 bits per heavy atom. The van der Waals surface area contributed by atoms with Crippen LogP contribution in [0.3, 0.4) is 0 Å². The van der Waals surface area contributed by atoms with Gasteiger partial charge in [-0.05, 0) is 42.2 Å². The monoisotopic (exact) mass is 407 g/mol. The van der Waals surface area contributed by atoms with Crippen molar-refractivity contribution < 1.29 is 10.0 Å². The van der Waals surface area contributed by atoms with Gasteiger partial charge < -0.3 is 5.21 Å². The number of Topliss-reactive ketones (excluding diaryl/α,β-unsaturated/α-hetero) is 1. The smallest absolute Gasteiger partial charge is 0.202 e. The number of halogens is 3. The highest BCUT2D eigenvalue weighted by Gasteiger charge is 2.32. The number of carbonyl (C=O) groups is 1. The van der Waals surface area contributed by atoms with E-state index in [9.17, 15) is 14.8 Å². The second-order valence-corrected chi connectivity index (χ2v) is 7.52. The Morgan fingerprint density at radius 1 is 0.962 bits per heavy atom. The first-order valence-electron chi connectivity index (χ1n) is 7.92. The second kappa shape index (κ2) is 6.31. The molecule has 1 heterocycles. The molecule has 3 aromatic rings. The van der Waals surface area contributed by atoms with Crippen molar-refractivity contribution in [3.8, 4) is 0 Å². The first-order valence-corrected chi connectivity index (χ1v) is 9.05. The summed E-state index contributed by atoms with van der Waals surface area (Å²) in [5, 5.41) is 11.6. The number of hydrogen-bond donors (Lipinski definition) is 1. The highest BCUT2D eigenvalue weighted by molar-refractivity contribution is 6.45. The third-order valence-corrected chi connectivity index (χ3v) is 5.85.